The zero-order chi connectivity index (χ0) is 14.6. The number of hydrogen-bond donors (Lipinski definition) is 4. The molecule has 19 heavy (non-hydrogen) atoms. The van der Waals surface area contributed by atoms with Gasteiger partial charge in [0, 0.05) is 0 Å². The van der Waals surface area contributed by atoms with Crippen molar-refractivity contribution in [3.05, 3.63) is 0 Å². The van der Waals surface area contributed by atoms with Gasteiger partial charge in [-0.1, -0.05) is 20.3 Å². The highest BCUT2D eigenvalue weighted by molar-refractivity contribution is 4.90. The van der Waals surface area contributed by atoms with Crippen LogP contribution in [0.4, 0.5) is 0 Å². The Morgan fingerprint density at radius 3 is 2.21 bits per heavy atom. The Labute approximate surface area is 114 Å². The average Bonchev–Trinajstić information content (AvgIpc) is 2.40. The van der Waals surface area contributed by atoms with Gasteiger partial charge in [-0.25, -0.2) is 0 Å². The van der Waals surface area contributed by atoms with Gasteiger partial charge in [0.15, 0.2) is 6.29 Å². The highest BCUT2D eigenvalue weighted by Crippen LogP contribution is 2.29. The molecule has 114 valence electrons. The maximum Gasteiger partial charge on any atom is 0.187 e. The van der Waals surface area contributed by atoms with Crippen LogP contribution in [0.15, 0.2) is 0 Å². The maximum atomic E-state index is 9.91. The quantitative estimate of drug-likeness (QED) is 0.536. The fraction of sp³-hybridized carbons (Fsp3) is 1.00. The number of aliphatic hydroxyl groups is 4. The predicted molar refractivity (Wildman–Crippen MR) is 68.5 cm³/mol. The lowest BCUT2D eigenvalue weighted by atomic mass is 9.95. The van der Waals surface area contributed by atoms with Gasteiger partial charge in [0.2, 0.25) is 0 Å². The normalized spacial score (nSPS) is 39.0. The van der Waals surface area contributed by atoms with Gasteiger partial charge < -0.3 is 29.9 Å². The Balaban J connectivity index is 2.75. The van der Waals surface area contributed by atoms with Gasteiger partial charge in [-0.3, -0.25) is 0 Å². The lowest BCUT2D eigenvalue weighted by molar-refractivity contribution is -0.326. The van der Waals surface area contributed by atoms with Crippen molar-refractivity contribution in [2.45, 2.75) is 76.3 Å². The van der Waals surface area contributed by atoms with Gasteiger partial charge in [-0.05, 0) is 19.8 Å². The molecule has 1 aliphatic heterocycles. The zero-order valence-electron chi connectivity index (χ0n) is 11.8. The Hall–Kier alpha value is -0.240. The van der Waals surface area contributed by atoms with Crippen molar-refractivity contribution in [2.24, 2.45) is 0 Å². The minimum atomic E-state index is -1.39. The van der Waals surface area contributed by atoms with Crippen LogP contribution in [-0.4, -0.2) is 63.3 Å². The first-order valence-electron chi connectivity index (χ1n) is 6.86. The van der Waals surface area contributed by atoms with Crippen LogP contribution < -0.4 is 0 Å². The number of ether oxygens (including phenoxy) is 2. The monoisotopic (exact) mass is 278 g/mol. The SMILES string of the molecule is CCCC(C)(CC)O[C@H]1O[C@H](CO)[C@@H](O)[C@H](O)[C@H]1O. The average molecular weight is 278 g/mol. The second-order valence-electron chi connectivity index (χ2n) is 5.37. The van der Waals surface area contributed by atoms with Crippen molar-refractivity contribution < 1.29 is 29.9 Å². The minimum absolute atomic E-state index is 0.443. The summed E-state index contributed by atoms with van der Waals surface area (Å²) in [7, 11) is 0. The summed E-state index contributed by atoms with van der Waals surface area (Å²) in [5.41, 5.74) is -0.470. The third-order valence-electron chi connectivity index (χ3n) is 3.78. The van der Waals surface area contributed by atoms with Crippen LogP contribution in [0.25, 0.3) is 0 Å². The molecular formula is C13H26O6. The molecule has 1 fully saturated rings. The lowest BCUT2D eigenvalue weighted by Crippen LogP contribution is -2.60. The molecule has 1 saturated heterocycles. The third-order valence-corrected chi connectivity index (χ3v) is 3.78. The highest BCUT2D eigenvalue weighted by Gasteiger charge is 2.45. The Morgan fingerprint density at radius 1 is 1.11 bits per heavy atom. The summed E-state index contributed by atoms with van der Waals surface area (Å²) in [5.74, 6) is 0. The van der Waals surface area contributed by atoms with Crippen LogP contribution in [0.1, 0.15) is 40.0 Å². The third kappa shape index (κ3) is 3.87. The van der Waals surface area contributed by atoms with Gasteiger partial charge in [0.05, 0.1) is 12.2 Å². The van der Waals surface area contributed by atoms with Crippen molar-refractivity contribution in [2.75, 3.05) is 6.61 Å². The zero-order valence-corrected chi connectivity index (χ0v) is 11.8. The van der Waals surface area contributed by atoms with E-state index in [1.807, 2.05) is 20.8 Å². The van der Waals surface area contributed by atoms with E-state index in [2.05, 4.69) is 0 Å². The topological polar surface area (TPSA) is 99.4 Å². The van der Waals surface area contributed by atoms with Crippen LogP contribution in [0.2, 0.25) is 0 Å². The van der Waals surface area contributed by atoms with Crippen LogP contribution >= 0.6 is 0 Å². The van der Waals surface area contributed by atoms with E-state index in [0.29, 0.717) is 0 Å². The van der Waals surface area contributed by atoms with Crippen molar-refractivity contribution in [3.8, 4) is 0 Å². The minimum Gasteiger partial charge on any atom is -0.394 e. The van der Waals surface area contributed by atoms with Gasteiger partial charge in [0.25, 0.3) is 0 Å². The number of rotatable bonds is 6. The molecule has 0 spiro atoms. The van der Waals surface area contributed by atoms with Crippen LogP contribution in [0, 0.1) is 0 Å². The second kappa shape index (κ2) is 6.97. The molecule has 1 unspecified atom stereocenters. The molecule has 6 atom stereocenters. The van der Waals surface area contributed by atoms with Crippen LogP contribution in [-0.2, 0) is 9.47 Å². The Kier molecular flexibility index (Phi) is 6.16. The molecule has 1 aliphatic rings. The molecule has 0 bridgehead atoms. The largest absolute Gasteiger partial charge is 0.394 e. The van der Waals surface area contributed by atoms with E-state index < -0.39 is 42.9 Å². The molecule has 0 aromatic rings. The fourth-order valence-electron chi connectivity index (χ4n) is 2.29. The van der Waals surface area contributed by atoms with E-state index in [0.717, 1.165) is 19.3 Å². The Morgan fingerprint density at radius 2 is 1.74 bits per heavy atom. The predicted octanol–water partition coefficient (Wildman–Crippen LogP) is -0.228. The Bertz CT molecular complexity index is 272. The first-order valence-corrected chi connectivity index (χ1v) is 6.86. The van der Waals surface area contributed by atoms with E-state index in [9.17, 15) is 15.3 Å². The lowest BCUT2D eigenvalue weighted by Gasteiger charge is -2.43. The molecular weight excluding hydrogens is 252 g/mol. The summed E-state index contributed by atoms with van der Waals surface area (Å²) < 4.78 is 11.1. The van der Waals surface area contributed by atoms with Crippen LogP contribution in [0.3, 0.4) is 0 Å². The van der Waals surface area contributed by atoms with Crippen molar-refractivity contribution in [1.82, 2.24) is 0 Å². The molecule has 0 aliphatic carbocycles. The summed E-state index contributed by atoms with van der Waals surface area (Å²) in [5, 5.41) is 38.4. The maximum absolute atomic E-state index is 9.91. The summed E-state index contributed by atoms with van der Waals surface area (Å²) in [4.78, 5) is 0. The van der Waals surface area contributed by atoms with Gasteiger partial charge in [0.1, 0.15) is 24.4 Å². The molecule has 6 nitrogen and oxygen atoms in total. The molecule has 0 aromatic heterocycles. The van der Waals surface area contributed by atoms with E-state index in [1.54, 1.807) is 0 Å². The van der Waals surface area contributed by atoms with Crippen molar-refractivity contribution >= 4 is 0 Å². The van der Waals surface area contributed by atoms with Gasteiger partial charge in [-0.15, -0.1) is 0 Å². The van der Waals surface area contributed by atoms with Gasteiger partial charge in [-0.2, -0.15) is 0 Å². The van der Waals surface area contributed by atoms with Crippen molar-refractivity contribution in [3.63, 3.8) is 0 Å². The van der Waals surface area contributed by atoms with Gasteiger partial charge >= 0.3 is 0 Å². The molecule has 6 heteroatoms. The van der Waals surface area contributed by atoms with E-state index in [1.165, 1.54) is 0 Å². The number of hydrogen-bond acceptors (Lipinski definition) is 6. The summed E-state index contributed by atoms with van der Waals surface area (Å²) >= 11 is 0. The van der Waals surface area contributed by atoms with E-state index in [-0.39, 0.29) is 0 Å². The fourth-order valence-corrected chi connectivity index (χ4v) is 2.29. The number of aliphatic hydroxyl groups excluding tert-OH is 4. The highest BCUT2D eigenvalue weighted by atomic mass is 16.7. The molecule has 1 heterocycles. The first-order chi connectivity index (χ1) is 8.88. The van der Waals surface area contributed by atoms with Crippen molar-refractivity contribution in [1.29, 1.82) is 0 Å². The van der Waals surface area contributed by atoms with E-state index in [4.69, 9.17) is 14.6 Å². The first kappa shape index (κ1) is 16.8. The molecule has 0 aromatic carbocycles. The van der Waals surface area contributed by atoms with E-state index >= 15 is 0 Å². The van der Waals surface area contributed by atoms with Crippen LogP contribution in [0.5, 0.6) is 0 Å². The second-order valence-corrected chi connectivity index (χ2v) is 5.37. The summed E-state index contributed by atoms with van der Waals surface area (Å²) in [6.45, 7) is 5.48. The summed E-state index contributed by atoms with van der Waals surface area (Å²) in [6, 6.07) is 0. The molecule has 1 rings (SSSR count). The molecule has 4 N–H and O–H groups in total. The molecule has 0 radical (unpaired) electrons. The standard InChI is InChI=1S/C13H26O6/c1-4-6-13(3,5-2)19-12-11(17)10(16)9(15)8(7-14)18-12/h8-12,14-17H,4-7H2,1-3H3/t8-,9-,10+,11-,12-,13?/m1/s1. The summed E-state index contributed by atoms with van der Waals surface area (Å²) in [6.07, 6.45) is -3.60. The molecule has 0 amide bonds. The molecule has 0 saturated carbocycles. The smallest absolute Gasteiger partial charge is 0.187 e.